The van der Waals surface area contributed by atoms with E-state index < -0.39 is 14.0 Å². The lowest BCUT2D eigenvalue weighted by molar-refractivity contribution is 0.0749. The van der Waals surface area contributed by atoms with Crippen molar-refractivity contribution >= 4 is 14.0 Å². The van der Waals surface area contributed by atoms with E-state index >= 15 is 0 Å². The fourth-order valence-electron chi connectivity index (χ4n) is 1.36. The van der Waals surface area contributed by atoms with Gasteiger partial charge in [0.2, 0.25) is 8.03 Å². The molecule has 0 amide bonds. The molecule has 0 aliphatic carbocycles. The lowest BCUT2D eigenvalue weighted by atomic mass is 9.99. The minimum atomic E-state index is -2.22. The highest BCUT2D eigenvalue weighted by Crippen LogP contribution is 2.23. The van der Waals surface area contributed by atoms with E-state index in [0.717, 1.165) is 16.7 Å². The molecule has 0 spiro atoms. The monoisotopic (exact) mass is 226 g/mol. The highest BCUT2D eigenvalue weighted by atomic mass is 31.1. The van der Waals surface area contributed by atoms with Gasteiger partial charge < -0.3 is 4.52 Å². The third-order valence-corrected chi connectivity index (χ3v) is 2.99. The summed E-state index contributed by atoms with van der Waals surface area (Å²) in [6.45, 7) is 7.21. The molecule has 15 heavy (non-hydrogen) atoms. The van der Waals surface area contributed by atoms with Crippen molar-refractivity contribution in [2.75, 3.05) is 6.66 Å². The van der Waals surface area contributed by atoms with Crippen LogP contribution in [0.1, 0.15) is 27.0 Å². The standard InChI is InChI=1S/C11H15O3P/c1-7-5-6-10(9(3)8(7)2)11(12)14-15(4)13/h5-6,15H,1-4H3. The molecule has 0 aliphatic rings. The van der Waals surface area contributed by atoms with Crippen molar-refractivity contribution in [2.45, 2.75) is 20.8 Å². The maximum absolute atomic E-state index is 11.5. The van der Waals surface area contributed by atoms with Gasteiger partial charge in [-0.1, -0.05) is 6.07 Å². The summed E-state index contributed by atoms with van der Waals surface area (Å²) in [7, 11) is -2.22. The molecule has 1 aromatic rings. The Morgan fingerprint density at radius 1 is 1.20 bits per heavy atom. The van der Waals surface area contributed by atoms with Gasteiger partial charge in [0, 0.05) is 6.66 Å². The largest absolute Gasteiger partial charge is 0.411 e. The van der Waals surface area contributed by atoms with Crippen LogP contribution in [0.3, 0.4) is 0 Å². The van der Waals surface area contributed by atoms with Gasteiger partial charge in [0.05, 0.1) is 5.56 Å². The number of carbonyl (C=O) groups excluding carboxylic acids is 1. The van der Waals surface area contributed by atoms with Gasteiger partial charge >= 0.3 is 5.97 Å². The van der Waals surface area contributed by atoms with Crippen LogP contribution in [0.5, 0.6) is 0 Å². The lowest BCUT2D eigenvalue weighted by Crippen LogP contribution is -2.04. The zero-order valence-electron chi connectivity index (χ0n) is 9.38. The van der Waals surface area contributed by atoms with Crippen molar-refractivity contribution in [1.29, 1.82) is 0 Å². The molecule has 0 aliphatic heterocycles. The van der Waals surface area contributed by atoms with E-state index in [9.17, 15) is 9.36 Å². The van der Waals surface area contributed by atoms with E-state index in [4.69, 9.17) is 4.52 Å². The summed E-state index contributed by atoms with van der Waals surface area (Å²) in [5.74, 6) is -0.498. The van der Waals surface area contributed by atoms with Crippen molar-refractivity contribution in [3.05, 3.63) is 34.4 Å². The third-order valence-electron chi connectivity index (χ3n) is 2.51. The molecular formula is C11H15O3P. The van der Waals surface area contributed by atoms with Crippen molar-refractivity contribution in [3.63, 3.8) is 0 Å². The van der Waals surface area contributed by atoms with E-state index in [1.807, 2.05) is 26.8 Å². The molecular weight excluding hydrogens is 211 g/mol. The van der Waals surface area contributed by atoms with E-state index in [2.05, 4.69) is 0 Å². The van der Waals surface area contributed by atoms with Crippen LogP contribution in [0.25, 0.3) is 0 Å². The maximum Gasteiger partial charge on any atom is 0.343 e. The van der Waals surface area contributed by atoms with Crippen LogP contribution in [0.4, 0.5) is 0 Å². The average molecular weight is 226 g/mol. The molecule has 0 saturated heterocycles. The summed E-state index contributed by atoms with van der Waals surface area (Å²) < 4.78 is 15.6. The average Bonchev–Trinajstić information content (AvgIpc) is 2.13. The quantitative estimate of drug-likeness (QED) is 0.728. The van der Waals surface area contributed by atoms with Gasteiger partial charge in [0.1, 0.15) is 0 Å². The van der Waals surface area contributed by atoms with Crippen LogP contribution in [0.15, 0.2) is 12.1 Å². The van der Waals surface area contributed by atoms with Crippen LogP contribution in [0, 0.1) is 20.8 Å². The van der Waals surface area contributed by atoms with E-state index in [1.165, 1.54) is 6.66 Å². The van der Waals surface area contributed by atoms with Crippen LogP contribution in [-0.2, 0) is 9.09 Å². The number of hydrogen-bond acceptors (Lipinski definition) is 3. The Morgan fingerprint density at radius 3 is 2.33 bits per heavy atom. The van der Waals surface area contributed by atoms with Gasteiger partial charge in [-0.2, -0.15) is 0 Å². The van der Waals surface area contributed by atoms with E-state index in [1.54, 1.807) is 6.07 Å². The van der Waals surface area contributed by atoms with Crippen LogP contribution >= 0.6 is 8.03 Å². The summed E-state index contributed by atoms with van der Waals surface area (Å²) in [6, 6.07) is 3.58. The third kappa shape index (κ3) is 2.69. The predicted octanol–water partition coefficient (Wildman–Crippen LogP) is 2.87. The van der Waals surface area contributed by atoms with Crippen molar-refractivity contribution < 1.29 is 13.9 Å². The van der Waals surface area contributed by atoms with Gasteiger partial charge in [-0.3, -0.25) is 4.57 Å². The normalized spacial score (nSPS) is 12.3. The van der Waals surface area contributed by atoms with Gasteiger partial charge in [-0.05, 0) is 43.5 Å². The summed E-state index contributed by atoms with van der Waals surface area (Å²) in [6.07, 6.45) is 0. The molecule has 4 heteroatoms. The highest BCUT2D eigenvalue weighted by Gasteiger charge is 2.13. The molecule has 3 nitrogen and oxygen atoms in total. The maximum atomic E-state index is 11.5. The summed E-state index contributed by atoms with van der Waals surface area (Å²) in [5, 5.41) is 0. The van der Waals surface area contributed by atoms with Gasteiger partial charge in [0.15, 0.2) is 0 Å². The Balaban J connectivity index is 3.11. The van der Waals surface area contributed by atoms with E-state index in [-0.39, 0.29) is 0 Å². The Hall–Kier alpha value is -1.08. The first kappa shape index (κ1) is 12.0. The van der Waals surface area contributed by atoms with Crippen LogP contribution in [-0.4, -0.2) is 12.6 Å². The molecule has 0 aromatic heterocycles. The van der Waals surface area contributed by atoms with Crippen molar-refractivity contribution in [2.24, 2.45) is 0 Å². The molecule has 0 N–H and O–H groups in total. The molecule has 0 radical (unpaired) electrons. The Morgan fingerprint density at radius 2 is 1.80 bits per heavy atom. The van der Waals surface area contributed by atoms with Crippen molar-refractivity contribution in [1.82, 2.24) is 0 Å². The summed E-state index contributed by atoms with van der Waals surface area (Å²) in [5.41, 5.74) is 3.59. The molecule has 82 valence electrons. The molecule has 1 unspecified atom stereocenters. The predicted molar refractivity (Wildman–Crippen MR) is 61.0 cm³/mol. The second-order valence-corrected chi connectivity index (χ2v) is 4.75. The first-order valence-corrected chi connectivity index (χ1v) is 6.54. The van der Waals surface area contributed by atoms with Gasteiger partial charge in [-0.15, -0.1) is 0 Å². The fourth-order valence-corrected chi connectivity index (χ4v) is 1.73. The number of rotatable bonds is 2. The van der Waals surface area contributed by atoms with Crippen molar-refractivity contribution in [3.8, 4) is 0 Å². The number of hydrogen-bond donors (Lipinski definition) is 0. The molecule has 0 saturated carbocycles. The summed E-state index contributed by atoms with van der Waals surface area (Å²) in [4.78, 5) is 11.5. The Labute approximate surface area is 90.3 Å². The number of carbonyl (C=O) groups is 1. The van der Waals surface area contributed by atoms with E-state index in [0.29, 0.717) is 5.56 Å². The smallest absolute Gasteiger partial charge is 0.343 e. The first-order valence-electron chi connectivity index (χ1n) is 4.73. The van der Waals surface area contributed by atoms with Gasteiger partial charge in [-0.25, -0.2) is 4.79 Å². The molecule has 0 heterocycles. The molecule has 1 atom stereocenters. The van der Waals surface area contributed by atoms with Crippen LogP contribution in [0.2, 0.25) is 0 Å². The number of benzene rings is 1. The zero-order valence-corrected chi connectivity index (χ0v) is 10.4. The van der Waals surface area contributed by atoms with Gasteiger partial charge in [0.25, 0.3) is 0 Å². The number of aryl methyl sites for hydroxylation is 1. The molecule has 0 fully saturated rings. The summed E-state index contributed by atoms with van der Waals surface area (Å²) >= 11 is 0. The molecule has 1 aromatic carbocycles. The molecule has 0 bridgehead atoms. The topological polar surface area (TPSA) is 43.4 Å². The Bertz CT molecular complexity index is 424. The second kappa shape index (κ2) is 4.63. The SMILES string of the molecule is Cc1ccc(C(=O)O[PH](C)=O)c(C)c1C. The lowest BCUT2D eigenvalue weighted by Gasteiger charge is -2.09. The van der Waals surface area contributed by atoms with Crippen LogP contribution < -0.4 is 0 Å². The zero-order chi connectivity index (χ0) is 11.6. The molecule has 1 rings (SSSR count). The minimum Gasteiger partial charge on any atom is -0.411 e. The minimum absolute atomic E-state index is 0.498. The fraction of sp³-hybridized carbons (Fsp3) is 0.364. The first-order chi connectivity index (χ1) is 6.93. The highest BCUT2D eigenvalue weighted by molar-refractivity contribution is 7.38. The second-order valence-electron chi connectivity index (χ2n) is 3.56. The Kier molecular flexibility index (Phi) is 3.70.